The lowest BCUT2D eigenvalue weighted by atomic mass is 10.1. The highest BCUT2D eigenvalue weighted by atomic mass is 16.2. The molecule has 2 amide bonds. The van der Waals surface area contributed by atoms with Gasteiger partial charge in [-0.15, -0.1) is 0 Å². The third kappa shape index (κ3) is 3.49. The van der Waals surface area contributed by atoms with E-state index in [1.807, 2.05) is 30.0 Å². The molecule has 1 aliphatic rings. The predicted octanol–water partition coefficient (Wildman–Crippen LogP) is 1.97. The number of nitrogens with zero attached hydrogens (tertiary/aromatic N) is 1. The Labute approximate surface area is 113 Å². The SMILES string of the molecule is Cc1cc(NC(=O)N2CCCC2)ccc1C#CCO. The number of hydrogen-bond acceptors (Lipinski definition) is 2. The Balaban J connectivity index is 2.05. The number of aliphatic hydroxyl groups is 1. The van der Waals surface area contributed by atoms with Crippen LogP contribution < -0.4 is 5.32 Å². The number of rotatable bonds is 1. The number of carbonyl (C=O) groups is 1. The Bertz CT molecular complexity index is 523. The van der Waals surface area contributed by atoms with Gasteiger partial charge in [-0.25, -0.2) is 4.79 Å². The molecule has 1 aliphatic heterocycles. The van der Waals surface area contributed by atoms with Crippen molar-refractivity contribution < 1.29 is 9.90 Å². The van der Waals surface area contributed by atoms with Crippen molar-refractivity contribution in [1.82, 2.24) is 4.90 Å². The smallest absolute Gasteiger partial charge is 0.321 e. The van der Waals surface area contributed by atoms with E-state index in [1.165, 1.54) is 0 Å². The molecule has 4 nitrogen and oxygen atoms in total. The molecule has 2 N–H and O–H groups in total. The van der Waals surface area contributed by atoms with Crippen LogP contribution in [0.4, 0.5) is 10.5 Å². The first kappa shape index (κ1) is 13.4. The standard InChI is InChI=1S/C15H18N2O2/c1-12-11-14(7-6-13(12)5-4-10-18)16-15(19)17-8-2-3-9-17/h6-7,11,18H,2-3,8-10H2,1H3,(H,16,19). The number of urea groups is 1. The number of benzene rings is 1. The number of nitrogens with one attached hydrogen (secondary N) is 1. The van der Waals surface area contributed by atoms with Gasteiger partial charge in [-0.05, 0) is 43.5 Å². The minimum Gasteiger partial charge on any atom is -0.384 e. The molecule has 0 atom stereocenters. The zero-order chi connectivity index (χ0) is 13.7. The summed E-state index contributed by atoms with van der Waals surface area (Å²) in [6, 6.07) is 5.56. The number of aryl methyl sites for hydroxylation is 1. The summed E-state index contributed by atoms with van der Waals surface area (Å²) in [4.78, 5) is 13.8. The maximum atomic E-state index is 11.9. The van der Waals surface area contributed by atoms with Crippen LogP contribution in [0.2, 0.25) is 0 Å². The average Bonchev–Trinajstić information content (AvgIpc) is 2.92. The highest BCUT2D eigenvalue weighted by Gasteiger charge is 2.17. The van der Waals surface area contributed by atoms with Crippen LogP contribution in [0.15, 0.2) is 18.2 Å². The second-order valence-corrected chi connectivity index (χ2v) is 4.61. The van der Waals surface area contributed by atoms with Gasteiger partial charge in [0.25, 0.3) is 0 Å². The second-order valence-electron chi connectivity index (χ2n) is 4.61. The van der Waals surface area contributed by atoms with Crippen LogP contribution in [0, 0.1) is 18.8 Å². The number of anilines is 1. The van der Waals surface area contributed by atoms with Crippen molar-refractivity contribution in [1.29, 1.82) is 0 Å². The highest BCUT2D eigenvalue weighted by molar-refractivity contribution is 5.89. The first-order valence-electron chi connectivity index (χ1n) is 6.47. The first-order valence-corrected chi connectivity index (χ1v) is 6.47. The van der Waals surface area contributed by atoms with Crippen LogP contribution >= 0.6 is 0 Å². The van der Waals surface area contributed by atoms with Gasteiger partial charge >= 0.3 is 6.03 Å². The molecule has 0 aliphatic carbocycles. The molecule has 2 rings (SSSR count). The molecule has 1 heterocycles. The Morgan fingerprint density at radius 2 is 2.16 bits per heavy atom. The molecule has 1 aromatic rings. The van der Waals surface area contributed by atoms with Gasteiger partial charge in [0.2, 0.25) is 0 Å². The van der Waals surface area contributed by atoms with Crippen molar-refractivity contribution in [3.63, 3.8) is 0 Å². The second kappa shape index (κ2) is 6.26. The topological polar surface area (TPSA) is 52.6 Å². The number of amides is 2. The summed E-state index contributed by atoms with van der Waals surface area (Å²) in [6.07, 6.45) is 2.17. The molecule has 0 aromatic heterocycles. The molecule has 1 aromatic carbocycles. The summed E-state index contributed by atoms with van der Waals surface area (Å²) in [5.41, 5.74) is 2.64. The first-order chi connectivity index (χ1) is 9.20. The Morgan fingerprint density at radius 1 is 1.42 bits per heavy atom. The Kier molecular flexibility index (Phi) is 4.43. The highest BCUT2D eigenvalue weighted by Crippen LogP contribution is 2.16. The molecule has 0 spiro atoms. The van der Waals surface area contributed by atoms with E-state index >= 15 is 0 Å². The normalized spacial score (nSPS) is 13.9. The quantitative estimate of drug-likeness (QED) is 0.757. The third-order valence-corrected chi connectivity index (χ3v) is 3.17. The summed E-state index contributed by atoms with van der Waals surface area (Å²) >= 11 is 0. The largest absolute Gasteiger partial charge is 0.384 e. The fourth-order valence-electron chi connectivity index (χ4n) is 2.14. The van der Waals surface area contributed by atoms with Crippen molar-refractivity contribution in [2.45, 2.75) is 19.8 Å². The Morgan fingerprint density at radius 3 is 2.79 bits per heavy atom. The van der Waals surface area contributed by atoms with Crippen molar-refractivity contribution in [2.75, 3.05) is 25.0 Å². The van der Waals surface area contributed by atoms with Crippen LogP contribution in [0.25, 0.3) is 0 Å². The molecule has 4 heteroatoms. The molecule has 1 saturated heterocycles. The molecule has 0 radical (unpaired) electrons. The van der Waals surface area contributed by atoms with E-state index in [0.717, 1.165) is 42.7 Å². The third-order valence-electron chi connectivity index (χ3n) is 3.17. The number of hydrogen-bond donors (Lipinski definition) is 2. The maximum Gasteiger partial charge on any atom is 0.321 e. The summed E-state index contributed by atoms with van der Waals surface area (Å²) in [5.74, 6) is 5.50. The number of likely N-dealkylation sites (tertiary alicyclic amines) is 1. The van der Waals surface area contributed by atoms with E-state index in [-0.39, 0.29) is 12.6 Å². The summed E-state index contributed by atoms with van der Waals surface area (Å²) in [6.45, 7) is 3.47. The van der Waals surface area contributed by atoms with Crippen LogP contribution in [0.5, 0.6) is 0 Å². The van der Waals surface area contributed by atoms with E-state index in [4.69, 9.17) is 5.11 Å². The minimum atomic E-state index is -0.146. The number of carbonyl (C=O) groups excluding carboxylic acids is 1. The zero-order valence-electron chi connectivity index (χ0n) is 11.1. The average molecular weight is 258 g/mol. The molecule has 0 bridgehead atoms. The van der Waals surface area contributed by atoms with Gasteiger partial charge < -0.3 is 15.3 Å². The van der Waals surface area contributed by atoms with E-state index in [1.54, 1.807) is 0 Å². The minimum absolute atomic E-state index is 0.0360. The van der Waals surface area contributed by atoms with Crippen LogP contribution in [-0.4, -0.2) is 35.7 Å². The molecular formula is C15H18N2O2. The van der Waals surface area contributed by atoms with Crippen LogP contribution in [0.1, 0.15) is 24.0 Å². The molecule has 0 saturated carbocycles. The number of aliphatic hydroxyl groups excluding tert-OH is 1. The monoisotopic (exact) mass is 258 g/mol. The van der Waals surface area contributed by atoms with Crippen LogP contribution in [0.3, 0.4) is 0 Å². The fourth-order valence-corrected chi connectivity index (χ4v) is 2.14. The van der Waals surface area contributed by atoms with E-state index in [0.29, 0.717) is 0 Å². The molecule has 0 unspecified atom stereocenters. The predicted molar refractivity (Wildman–Crippen MR) is 75.0 cm³/mol. The lowest BCUT2D eigenvalue weighted by Crippen LogP contribution is -2.32. The maximum absolute atomic E-state index is 11.9. The van der Waals surface area contributed by atoms with E-state index in [9.17, 15) is 4.79 Å². The van der Waals surface area contributed by atoms with Gasteiger partial charge in [-0.3, -0.25) is 0 Å². The lowest BCUT2D eigenvalue weighted by Gasteiger charge is -2.16. The van der Waals surface area contributed by atoms with Crippen molar-refractivity contribution in [2.24, 2.45) is 0 Å². The Hall–Kier alpha value is -1.99. The van der Waals surface area contributed by atoms with Gasteiger partial charge in [0.05, 0.1) is 0 Å². The molecular weight excluding hydrogens is 240 g/mol. The van der Waals surface area contributed by atoms with Crippen LogP contribution in [-0.2, 0) is 0 Å². The van der Waals surface area contributed by atoms with Gasteiger partial charge in [-0.1, -0.05) is 11.8 Å². The van der Waals surface area contributed by atoms with Gasteiger partial charge in [0.15, 0.2) is 0 Å². The van der Waals surface area contributed by atoms with E-state index < -0.39 is 0 Å². The zero-order valence-corrected chi connectivity index (χ0v) is 11.1. The summed E-state index contributed by atoms with van der Waals surface area (Å²) in [7, 11) is 0. The van der Waals surface area contributed by atoms with Gasteiger partial charge in [0.1, 0.15) is 6.61 Å². The molecule has 100 valence electrons. The fraction of sp³-hybridized carbons (Fsp3) is 0.400. The summed E-state index contributed by atoms with van der Waals surface area (Å²) in [5, 5.41) is 11.6. The molecule has 19 heavy (non-hydrogen) atoms. The van der Waals surface area contributed by atoms with Crippen molar-refractivity contribution >= 4 is 11.7 Å². The van der Waals surface area contributed by atoms with Crippen molar-refractivity contribution in [3.05, 3.63) is 29.3 Å². The summed E-state index contributed by atoms with van der Waals surface area (Å²) < 4.78 is 0. The van der Waals surface area contributed by atoms with E-state index in [2.05, 4.69) is 17.2 Å². The van der Waals surface area contributed by atoms with Crippen molar-refractivity contribution in [3.8, 4) is 11.8 Å². The lowest BCUT2D eigenvalue weighted by molar-refractivity contribution is 0.222. The molecule has 1 fully saturated rings. The van der Waals surface area contributed by atoms with Gasteiger partial charge in [-0.2, -0.15) is 0 Å². The van der Waals surface area contributed by atoms with Gasteiger partial charge in [0, 0.05) is 24.3 Å².